The highest BCUT2D eigenvalue weighted by atomic mass is 32.2. The van der Waals surface area contributed by atoms with Crippen LogP contribution in [0.5, 0.6) is 0 Å². The van der Waals surface area contributed by atoms with E-state index in [0.29, 0.717) is 12.8 Å². The first kappa shape index (κ1) is 26.5. The molecule has 0 radical (unpaired) electrons. The molecule has 0 aliphatic rings. The predicted molar refractivity (Wildman–Crippen MR) is 147 cm³/mol. The average molecular weight is 536 g/mol. The van der Waals surface area contributed by atoms with Crippen LogP contribution in [0.15, 0.2) is 90.3 Å². The number of nitrogens with one attached hydrogen (secondary N) is 2. The highest BCUT2D eigenvalue weighted by Gasteiger charge is 2.26. The zero-order chi connectivity index (χ0) is 26.3. The van der Waals surface area contributed by atoms with Gasteiger partial charge in [-0.1, -0.05) is 79.7 Å². The number of aromatic nitrogens is 1. The molecule has 0 bridgehead atoms. The van der Waals surface area contributed by atoms with Gasteiger partial charge in [-0.2, -0.15) is 8.42 Å². The van der Waals surface area contributed by atoms with Crippen molar-refractivity contribution in [3.8, 4) is 0 Å². The van der Waals surface area contributed by atoms with E-state index < -0.39 is 10.3 Å². The molecule has 1 unspecified atom stereocenters. The first-order valence-electron chi connectivity index (χ1n) is 12.0. The van der Waals surface area contributed by atoms with E-state index in [0.717, 1.165) is 33.8 Å². The summed E-state index contributed by atoms with van der Waals surface area (Å²) in [7, 11) is -4.35. The molecule has 4 aromatic rings. The normalized spacial score (nSPS) is 13.0. The maximum atomic E-state index is 13.8. The van der Waals surface area contributed by atoms with E-state index in [4.69, 9.17) is 9.54 Å². The Morgan fingerprint density at radius 2 is 1.54 bits per heavy atom. The smallest absolute Gasteiger partial charge is 0.346 e. The molecule has 1 heterocycles. The second kappa shape index (κ2) is 12.1. The third-order valence-electron chi connectivity index (χ3n) is 5.99. The zero-order valence-corrected chi connectivity index (χ0v) is 22.0. The number of carbonyl (C=O) groups excluding carboxylic acids is 1. The van der Waals surface area contributed by atoms with Crippen LogP contribution >= 0.6 is 11.3 Å². The third-order valence-corrected chi connectivity index (χ3v) is 7.49. The van der Waals surface area contributed by atoms with Gasteiger partial charge in [0.1, 0.15) is 5.01 Å². The van der Waals surface area contributed by atoms with E-state index in [2.05, 4.69) is 5.32 Å². The highest BCUT2D eigenvalue weighted by Crippen LogP contribution is 2.27. The zero-order valence-electron chi connectivity index (χ0n) is 20.4. The van der Waals surface area contributed by atoms with Gasteiger partial charge in [0, 0.05) is 5.38 Å². The molecule has 3 aromatic carbocycles. The molecule has 1 amide bonds. The fourth-order valence-corrected chi connectivity index (χ4v) is 5.49. The van der Waals surface area contributed by atoms with Crippen LogP contribution in [-0.2, 0) is 34.4 Å². The van der Waals surface area contributed by atoms with Crippen LogP contribution in [0.25, 0.3) is 0 Å². The maximum absolute atomic E-state index is 13.8. The number of nitrogens with zero attached hydrogens (tertiary/aromatic N) is 1. The Morgan fingerprint density at radius 3 is 2.14 bits per heavy atom. The van der Waals surface area contributed by atoms with Gasteiger partial charge in [0.15, 0.2) is 0 Å². The first-order valence-corrected chi connectivity index (χ1v) is 14.3. The van der Waals surface area contributed by atoms with Gasteiger partial charge in [-0.25, -0.2) is 4.98 Å². The van der Waals surface area contributed by atoms with E-state index in [9.17, 15) is 13.2 Å². The molecule has 1 aromatic heterocycles. The number of benzene rings is 3. The summed E-state index contributed by atoms with van der Waals surface area (Å²) in [6, 6.07) is 26.0. The van der Waals surface area contributed by atoms with Gasteiger partial charge in [0.05, 0.1) is 23.3 Å². The number of rotatable bonds is 11. The van der Waals surface area contributed by atoms with Crippen LogP contribution in [0, 0.1) is 0 Å². The van der Waals surface area contributed by atoms with Crippen molar-refractivity contribution >= 4 is 33.2 Å². The van der Waals surface area contributed by atoms with Gasteiger partial charge >= 0.3 is 10.3 Å². The molecule has 2 atom stereocenters. The van der Waals surface area contributed by atoms with Crippen LogP contribution < -0.4 is 10.0 Å². The van der Waals surface area contributed by atoms with Crippen LogP contribution in [0.3, 0.4) is 0 Å². The number of carbonyl (C=O) groups is 1. The van der Waals surface area contributed by atoms with Crippen molar-refractivity contribution in [3.05, 3.63) is 118 Å². The van der Waals surface area contributed by atoms with Crippen molar-refractivity contribution in [2.75, 3.05) is 4.72 Å². The van der Waals surface area contributed by atoms with Crippen molar-refractivity contribution in [2.45, 2.75) is 38.1 Å². The molecule has 4 rings (SSSR count). The third kappa shape index (κ3) is 7.72. The molecule has 0 aliphatic heterocycles. The van der Waals surface area contributed by atoms with E-state index in [-0.39, 0.29) is 23.6 Å². The van der Waals surface area contributed by atoms with Gasteiger partial charge in [-0.15, -0.1) is 11.3 Å². The summed E-state index contributed by atoms with van der Waals surface area (Å²) in [5.74, 6) is -0.462. The van der Waals surface area contributed by atoms with Crippen LogP contribution in [0.4, 0.5) is 5.69 Å². The van der Waals surface area contributed by atoms with Gasteiger partial charge in [0.25, 0.3) is 0 Å². The van der Waals surface area contributed by atoms with E-state index in [1.807, 2.05) is 77.7 Å². The van der Waals surface area contributed by atoms with Crippen LogP contribution in [-0.4, -0.2) is 23.9 Å². The van der Waals surface area contributed by atoms with E-state index >= 15 is 0 Å². The van der Waals surface area contributed by atoms with E-state index in [1.165, 1.54) is 11.3 Å². The topological polar surface area (TPSA) is 108 Å². The molecule has 37 heavy (non-hydrogen) atoms. The molecule has 0 saturated carbocycles. The second-order valence-electron chi connectivity index (χ2n) is 8.72. The van der Waals surface area contributed by atoms with Gasteiger partial charge in [-0.3, -0.25) is 14.1 Å². The van der Waals surface area contributed by atoms with Crippen LogP contribution in [0.2, 0.25) is 0 Å². The number of amides is 1. The molecule has 3 N–H and O–H groups in total. The van der Waals surface area contributed by atoms with Gasteiger partial charge < -0.3 is 5.32 Å². The van der Waals surface area contributed by atoms with Gasteiger partial charge in [-0.05, 0) is 48.1 Å². The Balaban J connectivity index is 1.59. The Bertz CT molecular complexity index is 1410. The summed E-state index contributed by atoms with van der Waals surface area (Å²) in [5.41, 5.74) is 4.13. The van der Waals surface area contributed by atoms with Crippen molar-refractivity contribution < 1.29 is 17.8 Å². The lowest BCUT2D eigenvalue weighted by Crippen LogP contribution is -2.35. The lowest BCUT2D eigenvalue weighted by Gasteiger charge is -2.22. The fourth-order valence-electron chi connectivity index (χ4n) is 4.11. The minimum Gasteiger partial charge on any atom is -0.346 e. The quantitative estimate of drug-likeness (QED) is 0.225. The summed E-state index contributed by atoms with van der Waals surface area (Å²) in [6.07, 6.45) is 1.84. The summed E-state index contributed by atoms with van der Waals surface area (Å²) in [5, 5.41) is 6.07. The highest BCUT2D eigenvalue weighted by molar-refractivity contribution is 7.87. The van der Waals surface area contributed by atoms with Crippen molar-refractivity contribution in [3.63, 3.8) is 0 Å². The molecule has 0 fully saturated rings. The molecule has 0 spiro atoms. The number of anilines is 1. The molecule has 192 valence electrons. The lowest BCUT2D eigenvalue weighted by atomic mass is 9.90. The largest absolute Gasteiger partial charge is 0.357 e. The SMILES string of the molecule is CCc1csc([C@H](Cc2ccc(NS(=O)(=O)O)cc2)NC(=O)C(Cc2ccccc2)c2ccccc2)n1. The molecule has 7 nitrogen and oxygen atoms in total. The van der Waals surface area contributed by atoms with Gasteiger partial charge in [0.2, 0.25) is 5.91 Å². The summed E-state index contributed by atoms with van der Waals surface area (Å²) in [6.45, 7) is 2.04. The summed E-state index contributed by atoms with van der Waals surface area (Å²) < 4.78 is 33.3. The Hall–Kier alpha value is -3.53. The van der Waals surface area contributed by atoms with Crippen molar-refractivity contribution in [1.29, 1.82) is 0 Å². The van der Waals surface area contributed by atoms with Crippen molar-refractivity contribution in [1.82, 2.24) is 10.3 Å². The number of aryl methyl sites for hydroxylation is 1. The first-order chi connectivity index (χ1) is 17.8. The molecule has 0 saturated heterocycles. The second-order valence-corrected chi connectivity index (χ2v) is 10.8. The summed E-state index contributed by atoms with van der Waals surface area (Å²) >= 11 is 1.52. The number of hydrogen-bond donors (Lipinski definition) is 3. The number of hydrogen-bond acceptors (Lipinski definition) is 5. The Morgan fingerprint density at radius 1 is 0.919 bits per heavy atom. The molecular formula is C28H29N3O4S2. The van der Waals surface area contributed by atoms with Crippen LogP contribution in [0.1, 0.15) is 46.3 Å². The summed E-state index contributed by atoms with van der Waals surface area (Å²) in [4.78, 5) is 18.5. The molecule has 0 aliphatic carbocycles. The minimum atomic E-state index is -4.35. The molecular weight excluding hydrogens is 506 g/mol. The monoisotopic (exact) mass is 535 g/mol. The van der Waals surface area contributed by atoms with E-state index in [1.54, 1.807) is 24.3 Å². The number of thiazole rings is 1. The van der Waals surface area contributed by atoms with Crippen molar-refractivity contribution in [2.24, 2.45) is 0 Å². The predicted octanol–water partition coefficient (Wildman–Crippen LogP) is 5.35. The molecule has 9 heteroatoms. The lowest BCUT2D eigenvalue weighted by molar-refractivity contribution is -0.123. The minimum absolute atomic E-state index is 0.0852. The average Bonchev–Trinajstić information content (AvgIpc) is 3.38. The maximum Gasteiger partial charge on any atom is 0.357 e. The Labute approximate surface area is 221 Å². The standard InChI is InChI=1S/C28H29N3O4S2/c1-2-23-19-36-28(29-23)26(18-21-13-15-24(16-14-21)31-37(33,34)35)30-27(32)25(22-11-7-4-8-12-22)17-20-9-5-3-6-10-20/h3-16,19,25-26,31H,2,17-18H2,1H3,(H,30,32)(H,33,34,35)/t25?,26-/m0/s1. The Kier molecular flexibility index (Phi) is 8.70. The fraction of sp³-hybridized carbons (Fsp3) is 0.214.